The molecule has 47 heavy (non-hydrogen) atoms. The van der Waals surface area contributed by atoms with Gasteiger partial charge in [0, 0.05) is 30.6 Å². The molecule has 4 aromatic rings. The molecule has 2 aromatic carbocycles. The number of aromatic hydroxyl groups is 1. The number of terminal acetylenes is 1. The largest absolute Gasteiger partial charge is 0.508 e. The SMILES string of the molecule is C#Cc1c(F)ccc2cc(O)cc(-c3nc4c5c(nc(OCC67CCCN6CCC7)nc5c3F)N3CCNCC3[C@H](CC)O4)c12.CC. The second-order valence-corrected chi connectivity index (χ2v) is 12.5. The molecule has 0 spiro atoms. The third-order valence-corrected chi connectivity index (χ3v) is 10.1. The number of hydrogen-bond donors (Lipinski definition) is 2. The number of anilines is 1. The standard InChI is InChI=1S/C34H34F2N6O3.C2H6/c1-3-21-23(35)8-7-19-15-20(43)16-22(26(19)21)29-28(36)30-27-31(42-14-11-37-17-24(42)25(4-2)45-32(27)38-29)40-33(39-30)44-18-34-9-5-12-41(34)13-6-10-34;1-2/h1,7-8,15-16,24-25,37,43H,4-6,9-14,17-18H2,2H3;1-2H3/t24?,25-;/m0./s1. The lowest BCUT2D eigenvalue weighted by Crippen LogP contribution is -2.57. The molecular formula is C36H40F2N6O3. The summed E-state index contributed by atoms with van der Waals surface area (Å²) in [5.74, 6) is 1.58. The van der Waals surface area contributed by atoms with Crippen molar-refractivity contribution < 1.29 is 23.4 Å². The molecule has 2 N–H and O–H groups in total. The number of pyridine rings is 1. The number of rotatable bonds is 5. The third-order valence-electron chi connectivity index (χ3n) is 10.1. The van der Waals surface area contributed by atoms with Gasteiger partial charge in [0.2, 0.25) is 5.88 Å². The van der Waals surface area contributed by atoms with Gasteiger partial charge in [0.25, 0.3) is 0 Å². The maximum Gasteiger partial charge on any atom is 0.319 e. The van der Waals surface area contributed by atoms with Crippen molar-refractivity contribution in [2.45, 2.75) is 70.6 Å². The van der Waals surface area contributed by atoms with E-state index in [1.807, 2.05) is 20.8 Å². The highest BCUT2D eigenvalue weighted by molar-refractivity contribution is 6.04. The number of halogens is 2. The minimum atomic E-state index is -0.756. The molecule has 0 aliphatic carbocycles. The molecule has 2 atom stereocenters. The Morgan fingerprint density at radius 2 is 1.89 bits per heavy atom. The van der Waals surface area contributed by atoms with Gasteiger partial charge < -0.3 is 24.8 Å². The number of piperazine rings is 1. The summed E-state index contributed by atoms with van der Waals surface area (Å²) >= 11 is 0. The van der Waals surface area contributed by atoms with Crippen LogP contribution in [0.25, 0.3) is 32.9 Å². The van der Waals surface area contributed by atoms with Crippen LogP contribution in [-0.4, -0.2) is 82.0 Å². The first-order valence-electron chi connectivity index (χ1n) is 16.8. The Balaban J connectivity index is 0.00000172. The molecule has 6 heterocycles. The number of aromatic nitrogens is 3. The van der Waals surface area contributed by atoms with Gasteiger partial charge in [-0.05, 0) is 68.8 Å². The van der Waals surface area contributed by atoms with Gasteiger partial charge in [0.15, 0.2) is 5.82 Å². The summed E-state index contributed by atoms with van der Waals surface area (Å²) in [4.78, 5) is 18.9. The number of ether oxygens (including phenoxy) is 2. The number of fused-ring (bicyclic) bond motifs is 4. The molecule has 2 aromatic heterocycles. The van der Waals surface area contributed by atoms with Crippen LogP contribution in [0.2, 0.25) is 0 Å². The van der Waals surface area contributed by atoms with Crippen LogP contribution >= 0.6 is 0 Å². The van der Waals surface area contributed by atoms with Crippen LogP contribution in [0.4, 0.5) is 14.6 Å². The van der Waals surface area contributed by atoms with E-state index in [1.165, 1.54) is 24.3 Å². The highest BCUT2D eigenvalue weighted by Gasteiger charge is 2.45. The lowest BCUT2D eigenvalue weighted by molar-refractivity contribution is 0.108. The van der Waals surface area contributed by atoms with Gasteiger partial charge in [-0.3, -0.25) is 4.90 Å². The van der Waals surface area contributed by atoms with E-state index in [1.54, 1.807) is 0 Å². The molecule has 0 saturated carbocycles. The van der Waals surface area contributed by atoms with Crippen LogP contribution < -0.4 is 19.7 Å². The Hall–Kier alpha value is -4.27. The highest BCUT2D eigenvalue weighted by Crippen LogP contribution is 2.45. The number of phenolic OH excluding ortho intramolecular Hbond substituents is 1. The molecule has 0 amide bonds. The zero-order valence-electron chi connectivity index (χ0n) is 27.1. The average Bonchev–Trinajstić information content (AvgIpc) is 3.65. The summed E-state index contributed by atoms with van der Waals surface area (Å²) in [6, 6.07) is 5.55. The monoisotopic (exact) mass is 642 g/mol. The molecule has 0 radical (unpaired) electrons. The van der Waals surface area contributed by atoms with Crippen molar-refractivity contribution >= 4 is 27.5 Å². The van der Waals surface area contributed by atoms with Crippen LogP contribution in [0.15, 0.2) is 24.3 Å². The van der Waals surface area contributed by atoms with Gasteiger partial charge in [-0.1, -0.05) is 32.8 Å². The normalized spacial score (nSPS) is 21.3. The Morgan fingerprint density at radius 3 is 2.64 bits per heavy atom. The van der Waals surface area contributed by atoms with Crippen LogP contribution in [-0.2, 0) is 0 Å². The molecule has 11 heteroatoms. The fraction of sp³-hybridized carbons (Fsp3) is 0.472. The van der Waals surface area contributed by atoms with Crippen LogP contribution in [0.5, 0.6) is 17.6 Å². The fourth-order valence-corrected chi connectivity index (χ4v) is 7.95. The third kappa shape index (κ3) is 5.09. The predicted octanol–water partition coefficient (Wildman–Crippen LogP) is 5.79. The first-order chi connectivity index (χ1) is 22.9. The van der Waals surface area contributed by atoms with Crippen LogP contribution in [0.3, 0.4) is 0 Å². The summed E-state index contributed by atoms with van der Waals surface area (Å²) in [6.45, 7) is 10.6. The Bertz CT molecular complexity index is 1890. The molecular weight excluding hydrogens is 602 g/mol. The van der Waals surface area contributed by atoms with Gasteiger partial charge in [0.05, 0.1) is 17.1 Å². The van der Waals surface area contributed by atoms with E-state index < -0.39 is 11.6 Å². The van der Waals surface area contributed by atoms with Crippen molar-refractivity contribution in [1.82, 2.24) is 25.2 Å². The van der Waals surface area contributed by atoms with Gasteiger partial charge in [0.1, 0.15) is 46.7 Å². The summed E-state index contributed by atoms with van der Waals surface area (Å²) in [5, 5.41) is 15.2. The molecule has 9 nitrogen and oxygen atoms in total. The number of phenols is 1. The van der Waals surface area contributed by atoms with Gasteiger partial charge in [-0.15, -0.1) is 6.42 Å². The predicted molar refractivity (Wildman–Crippen MR) is 178 cm³/mol. The molecule has 3 saturated heterocycles. The molecule has 0 bridgehead atoms. The Morgan fingerprint density at radius 1 is 1.11 bits per heavy atom. The molecule has 246 valence electrons. The quantitative estimate of drug-likeness (QED) is 0.262. The second kappa shape index (κ2) is 12.4. The lowest BCUT2D eigenvalue weighted by atomic mass is 9.95. The van der Waals surface area contributed by atoms with Crippen molar-refractivity contribution in [2.75, 3.05) is 44.2 Å². The molecule has 4 aliphatic rings. The molecule has 3 fully saturated rings. The Kier molecular flexibility index (Phi) is 8.26. The van der Waals surface area contributed by atoms with E-state index in [0.29, 0.717) is 42.7 Å². The summed E-state index contributed by atoms with van der Waals surface area (Å²) in [5.41, 5.74) is -0.118. The first kappa shape index (κ1) is 31.3. The smallest absolute Gasteiger partial charge is 0.319 e. The summed E-state index contributed by atoms with van der Waals surface area (Å²) < 4.78 is 44.9. The van der Waals surface area contributed by atoms with E-state index in [2.05, 4.69) is 26.0 Å². The number of nitrogens with zero attached hydrogens (tertiary/aromatic N) is 5. The maximum atomic E-state index is 17.0. The Labute approximate surface area is 273 Å². The van der Waals surface area contributed by atoms with Crippen LogP contribution in [0, 0.1) is 24.0 Å². The lowest BCUT2D eigenvalue weighted by Gasteiger charge is -2.39. The number of nitrogens with one attached hydrogen (secondary N) is 1. The molecule has 8 rings (SSSR count). The van der Waals surface area contributed by atoms with E-state index in [0.717, 1.165) is 45.3 Å². The first-order valence-corrected chi connectivity index (χ1v) is 16.8. The molecule has 1 unspecified atom stereocenters. The topological polar surface area (TPSA) is 95.9 Å². The zero-order valence-corrected chi connectivity index (χ0v) is 27.1. The van der Waals surface area contributed by atoms with Gasteiger partial charge in [-0.25, -0.2) is 13.8 Å². The average molecular weight is 643 g/mol. The van der Waals surface area contributed by atoms with E-state index >= 15 is 4.39 Å². The highest BCUT2D eigenvalue weighted by atomic mass is 19.1. The fourth-order valence-electron chi connectivity index (χ4n) is 7.95. The van der Waals surface area contributed by atoms with Crippen molar-refractivity contribution in [3.63, 3.8) is 0 Å². The van der Waals surface area contributed by atoms with Gasteiger partial charge >= 0.3 is 6.01 Å². The van der Waals surface area contributed by atoms with E-state index in [4.69, 9.17) is 25.9 Å². The summed E-state index contributed by atoms with van der Waals surface area (Å²) in [6.07, 6.45) is 10.5. The van der Waals surface area contributed by atoms with E-state index in [9.17, 15) is 9.50 Å². The van der Waals surface area contributed by atoms with Gasteiger partial charge in [-0.2, -0.15) is 9.97 Å². The number of benzene rings is 2. The minimum Gasteiger partial charge on any atom is -0.508 e. The number of hydrogen-bond acceptors (Lipinski definition) is 9. The van der Waals surface area contributed by atoms with Crippen LogP contribution in [0.1, 0.15) is 58.4 Å². The van der Waals surface area contributed by atoms with Crippen molar-refractivity contribution in [3.05, 3.63) is 41.5 Å². The van der Waals surface area contributed by atoms with Crippen molar-refractivity contribution in [2.24, 2.45) is 0 Å². The van der Waals surface area contributed by atoms with Crippen molar-refractivity contribution in [1.29, 1.82) is 0 Å². The maximum absolute atomic E-state index is 17.0. The van der Waals surface area contributed by atoms with E-state index in [-0.39, 0.29) is 63.0 Å². The zero-order chi connectivity index (χ0) is 32.9. The van der Waals surface area contributed by atoms with Crippen molar-refractivity contribution in [3.8, 4) is 41.2 Å². The molecule has 4 aliphatic heterocycles. The summed E-state index contributed by atoms with van der Waals surface area (Å²) in [7, 11) is 0. The minimum absolute atomic E-state index is 0.00797. The second-order valence-electron chi connectivity index (χ2n) is 12.5.